The quantitative estimate of drug-likeness (QED) is 0.189. The Morgan fingerprint density at radius 2 is 1.15 bits per heavy atom. The minimum atomic E-state index is 0.605. The number of rotatable bonds is 5. The third-order valence-corrected chi connectivity index (χ3v) is 10.2. The number of anilines is 3. The Morgan fingerprint density at radius 1 is 0.458 bits per heavy atom. The predicted molar refractivity (Wildman–Crippen MR) is 200 cm³/mol. The van der Waals surface area contributed by atoms with Gasteiger partial charge in [-0.05, 0) is 90.0 Å². The van der Waals surface area contributed by atoms with Gasteiger partial charge in [-0.25, -0.2) is 4.98 Å². The fraction of sp³-hybridized carbons (Fsp3) is 0. The van der Waals surface area contributed by atoms with Gasteiger partial charge in [0.25, 0.3) is 0 Å². The van der Waals surface area contributed by atoms with E-state index in [4.69, 9.17) is 13.8 Å². The van der Waals surface area contributed by atoms with E-state index >= 15 is 0 Å². The molecule has 0 saturated heterocycles. The highest BCUT2D eigenvalue weighted by atomic mass is 32.1. The molecule has 0 amide bonds. The molecule has 0 fully saturated rings. The Bertz CT molecular complexity index is 2780. The van der Waals surface area contributed by atoms with Crippen LogP contribution in [0.2, 0.25) is 0 Å². The van der Waals surface area contributed by atoms with Crippen molar-refractivity contribution >= 4 is 81.6 Å². The summed E-state index contributed by atoms with van der Waals surface area (Å²) < 4.78 is 15.1. The molecule has 4 nitrogen and oxygen atoms in total. The van der Waals surface area contributed by atoms with Gasteiger partial charge in [0, 0.05) is 42.5 Å². The molecule has 0 aliphatic rings. The van der Waals surface area contributed by atoms with Gasteiger partial charge in [-0.15, -0.1) is 11.3 Å². The van der Waals surface area contributed by atoms with Crippen molar-refractivity contribution in [3.05, 3.63) is 158 Å². The van der Waals surface area contributed by atoms with Crippen LogP contribution in [-0.4, -0.2) is 4.98 Å². The second-order valence-corrected chi connectivity index (χ2v) is 13.0. The molecule has 3 heterocycles. The van der Waals surface area contributed by atoms with E-state index < -0.39 is 0 Å². The zero-order chi connectivity index (χ0) is 31.6. The molecule has 10 aromatic rings. The number of aromatic nitrogens is 1. The lowest BCUT2D eigenvalue weighted by Gasteiger charge is -2.26. The highest BCUT2D eigenvalue weighted by Gasteiger charge is 2.20. The van der Waals surface area contributed by atoms with Crippen LogP contribution in [0, 0.1) is 0 Å². The zero-order valence-corrected chi connectivity index (χ0v) is 26.4. The summed E-state index contributed by atoms with van der Waals surface area (Å²) in [4.78, 5) is 7.29. The van der Waals surface area contributed by atoms with Crippen LogP contribution in [0.15, 0.2) is 167 Å². The minimum Gasteiger partial charge on any atom is -0.456 e. The molecule has 3 aromatic heterocycles. The summed E-state index contributed by atoms with van der Waals surface area (Å²) in [7, 11) is 0. The molecule has 5 heteroatoms. The standard InChI is InChI=1S/C43H26N2O2S/c1-3-10-28(11-4-1)43-44-42-37(47-43)25-24-36-41(42)33-26-29(20-23-35(33)46-36)27-18-21-31(22-19-27)45(30-12-5-2-6-13-30)34-15-9-17-39-40(34)32-14-7-8-16-38(32)48-39/h1-26H. The number of oxazole rings is 1. The molecule has 0 aliphatic heterocycles. The second kappa shape index (κ2) is 10.7. The van der Waals surface area contributed by atoms with Gasteiger partial charge in [0.1, 0.15) is 16.7 Å². The van der Waals surface area contributed by atoms with E-state index in [1.807, 2.05) is 53.8 Å². The fourth-order valence-electron chi connectivity index (χ4n) is 6.89. The molecule has 0 atom stereocenters. The minimum absolute atomic E-state index is 0.605. The number of hydrogen-bond donors (Lipinski definition) is 0. The van der Waals surface area contributed by atoms with Gasteiger partial charge in [0.2, 0.25) is 5.89 Å². The number of hydrogen-bond acceptors (Lipinski definition) is 5. The summed E-state index contributed by atoms with van der Waals surface area (Å²) in [6.45, 7) is 0. The van der Waals surface area contributed by atoms with Gasteiger partial charge in [0.05, 0.1) is 11.1 Å². The van der Waals surface area contributed by atoms with Crippen LogP contribution < -0.4 is 4.90 Å². The van der Waals surface area contributed by atoms with Crippen molar-refractivity contribution < 1.29 is 8.83 Å². The largest absolute Gasteiger partial charge is 0.456 e. The number of furan rings is 1. The van der Waals surface area contributed by atoms with Crippen LogP contribution >= 0.6 is 11.3 Å². The lowest BCUT2D eigenvalue weighted by molar-refractivity contribution is 0.619. The van der Waals surface area contributed by atoms with E-state index in [1.165, 1.54) is 25.9 Å². The third-order valence-electron chi connectivity index (χ3n) is 9.11. The highest BCUT2D eigenvalue weighted by Crippen LogP contribution is 2.45. The van der Waals surface area contributed by atoms with E-state index in [9.17, 15) is 0 Å². The van der Waals surface area contributed by atoms with Crippen LogP contribution in [0.25, 0.3) is 75.8 Å². The summed E-state index contributed by atoms with van der Waals surface area (Å²) in [6.07, 6.45) is 0. The lowest BCUT2D eigenvalue weighted by atomic mass is 10.0. The fourth-order valence-corrected chi connectivity index (χ4v) is 8.01. The van der Waals surface area contributed by atoms with Crippen LogP contribution in [0.4, 0.5) is 17.1 Å². The summed E-state index contributed by atoms with van der Waals surface area (Å²) in [5.41, 5.74) is 9.74. The van der Waals surface area contributed by atoms with Crippen LogP contribution in [0.1, 0.15) is 0 Å². The van der Waals surface area contributed by atoms with E-state index in [0.717, 1.165) is 61.1 Å². The molecule has 0 saturated carbocycles. The Labute approximate surface area is 279 Å². The molecule has 226 valence electrons. The maximum atomic E-state index is 6.29. The molecular weight excluding hydrogens is 609 g/mol. The summed E-state index contributed by atoms with van der Waals surface area (Å²) >= 11 is 1.84. The number of para-hydroxylation sites is 1. The van der Waals surface area contributed by atoms with Gasteiger partial charge in [0.15, 0.2) is 5.58 Å². The summed E-state index contributed by atoms with van der Waals surface area (Å²) in [6, 6.07) is 55.1. The molecule has 7 aromatic carbocycles. The Kier molecular flexibility index (Phi) is 6.01. The van der Waals surface area contributed by atoms with E-state index in [-0.39, 0.29) is 0 Å². The Hall–Kier alpha value is -6.17. The smallest absolute Gasteiger partial charge is 0.227 e. The lowest BCUT2D eigenvalue weighted by Crippen LogP contribution is -2.10. The molecule has 0 unspecified atom stereocenters. The first-order valence-corrected chi connectivity index (χ1v) is 16.8. The number of fused-ring (bicyclic) bond motifs is 8. The molecular formula is C43H26N2O2S. The monoisotopic (exact) mass is 634 g/mol. The third kappa shape index (κ3) is 4.25. The zero-order valence-electron chi connectivity index (χ0n) is 25.6. The molecule has 10 rings (SSSR count). The summed E-state index contributed by atoms with van der Waals surface area (Å²) in [5, 5.41) is 4.55. The van der Waals surface area contributed by atoms with Crippen molar-refractivity contribution in [2.75, 3.05) is 4.90 Å². The topological polar surface area (TPSA) is 42.4 Å². The average molecular weight is 635 g/mol. The Morgan fingerprint density at radius 3 is 2.00 bits per heavy atom. The van der Waals surface area contributed by atoms with Gasteiger partial charge in [-0.1, -0.05) is 78.9 Å². The van der Waals surface area contributed by atoms with Crippen LogP contribution in [0.3, 0.4) is 0 Å². The van der Waals surface area contributed by atoms with Crippen molar-refractivity contribution in [1.29, 1.82) is 0 Å². The maximum Gasteiger partial charge on any atom is 0.227 e. The number of thiophene rings is 1. The molecule has 48 heavy (non-hydrogen) atoms. The van der Waals surface area contributed by atoms with Gasteiger partial charge in [-0.2, -0.15) is 0 Å². The highest BCUT2D eigenvalue weighted by molar-refractivity contribution is 7.26. The normalized spacial score (nSPS) is 11.8. The molecule has 0 spiro atoms. The average Bonchev–Trinajstić information content (AvgIpc) is 3.86. The first kappa shape index (κ1) is 27.0. The van der Waals surface area contributed by atoms with E-state index in [2.05, 4.69) is 120 Å². The van der Waals surface area contributed by atoms with Gasteiger partial charge < -0.3 is 13.7 Å². The van der Waals surface area contributed by atoms with E-state index in [1.54, 1.807) is 0 Å². The van der Waals surface area contributed by atoms with Crippen molar-refractivity contribution in [3.63, 3.8) is 0 Å². The van der Waals surface area contributed by atoms with Crippen LogP contribution in [0.5, 0.6) is 0 Å². The van der Waals surface area contributed by atoms with Crippen molar-refractivity contribution in [1.82, 2.24) is 4.98 Å². The predicted octanol–water partition coefficient (Wildman–Crippen LogP) is 12.9. The maximum absolute atomic E-state index is 6.29. The second-order valence-electron chi connectivity index (χ2n) is 11.9. The van der Waals surface area contributed by atoms with E-state index in [0.29, 0.717) is 5.89 Å². The van der Waals surface area contributed by atoms with Crippen molar-refractivity contribution in [2.24, 2.45) is 0 Å². The van der Waals surface area contributed by atoms with Gasteiger partial charge in [-0.3, -0.25) is 0 Å². The number of benzene rings is 7. The molecule has 0 N–H and O–H groups in total. The van der Waals surface area contributed by atoms with Crippen molar-refractivity contribution in [2.45, 2.75) is 0 Å². The first-order chi connectivity index (χ1) is 23.8. The first-order valence-electron chi connectivity index (χ1n) is 16.0. The SMILES string of the molecule is c1ccc(-c2nc3c(ccc4oc5ccc(-c6ccc(N(c7ccccc7)c7cccc8sc9ccccc9c78)cc6)cc5c43)o2)cc1. The van der Waals surface area contributed by atoms with Crippen LogP contribution in [-0.2, 0) is 0 Å². The Balaban J connectivity index is 1.09. The molecule has 0 aliphatic carbocycles. The number of nitrogens with zero attached hydrogens (tertiary/aromatic N) is 2. The molecule has 0 bridgehead atoms. The van der Waals surface area contributed by atoms with Gasteiger partial charge >= 0.3 is 0 Å². The summed E-state index contributed by atoms with van der Waals surface area (Å²) in [5.74, 6) is 0.605. The van der Waals surface area contributed by atoms with Crippen molar-refractivity contribution in [3.8, 4) is 22.6 Å². The molecule has 0 radical (unpaired) electrons.